The minimum atomic E-state index is -3.68. The molecular weight excluding hydrogens is 338 g/mol. The lowest BCUT2D eigenvalue weighted by Gasteiger charge is -2.18. The van der Waals surface area contributed by atoms with Crippen molar-refractivity contribution >= 4 is 21.7 Å². The molecule has 6 nitrogen and oxygen atoms in total. The van der Waals surface area contributed by atoms with E-state index in [9.17, 15) is 13.2 Å². The van der Waals surface area contributed by atoms with Gasteiger partial charge in [0, 0.05) is 5.69 Å². The molecule has 0 aromatic heterocycles. The van der Waals surface area contributed by atoms with Gasteiger partial charge in [0.2, 0.25) is 10.0 Å². The van der Waals surface area contributed by atoms with Gasteiger partial charge in [0.25, 0.3) is 0 Å². The molecule has 0 radical (unpaired) electrons. The molecule has 1 unspecified atom stereocenters. The summed E-state index contributed by atoms with van der Waals surface area (Å²) in [5.41, 5.74) is 5.85. The first-order chi connectivity index (χ1) is 11.9. The van der Waals surface area contributed by atoms with E-state index in [4.69, 9.17) is 0 Å². The predicted molar refractivity (Wildman–Crippen MR) is 99.6 cm³/mol. The Kier molecular flexibility index (Phi) is 5.34. The van der Waals surface area contributed by atoms with E-state index in [1.165, 1.54) is 22.3 Å². The zero-order valence-corrected chi connectivity index (χ0v) is 15.8. The highest BCUT2D eigenvalue weighted by atomic mass is 32.2. The smallest absolute Gasteiger partial charge is 0.320 e. The summed E-state index contributed by atoms with van der Waals surface area (Å²) in [6.07, 6.45) is 6.61. The van der Waals surface area contributed by atoms with Crippen LogP contribution < -0.4 is 15.4 Å². The van der Waals surface area contributed by atoms with E-state index in [1.54, 1.807) is 14.0 Å². The molecule has 2 aliphatic carbocycles. The third-order valence-corrected chi connectivity index (χ3v) is 7.04. The van der Waals surface area contributed by atoms with Gasteiger partial charge in [0.05, 0.1) is 5.25 Å². The monoisotopic (exact) mass is 365 g/mol. The molecule has 0 spiro atoms. The van der Waals surface area contributed by atoms with E-state index in [-0.39, 0.29) is 0 Å². The number of hydrogen-bond donors (Lipinski definition) is 3. The number of urea groups is 1. The topological polar surface area (TPSA) is 87.3 Å². The zero-order chi connectivity index (χ0) is 18.0. The second-order valence-electron chi connectivity index (χ2n) is 7.04. The van der Waals surface area contributed by atoms with Gasteiger partial charge in [0.15, 0.2) is 0 Å². The van der Waals surface area contributed by atoms with Crippen LogP contribution in [0.15, 0.2) is 6.07 Å². The highest BCUT2D eigenvalue weighted by Gasteiger charge is 2.27. The Morgan fingerprint density at radius 3 is 2.28 bits per heavy atom. The number of benzene rings is 1. The van der Waals surface area contributed by atoms with Crippen LogP contribution in [-0.4, -0.2) is 33.3 Å². The lowest BCUT2D eigenvalue weighted by Crippen LogP contribution is -2.40. The number of hydrogen-bond acceptors (Lipinski definition) is 4. The third-order valence-electron chi connectivity index (χ3n) is 5.28. The number of carbonyl (C=O) groups is 1. The molecule has 0 bridgehead atoms. The van der Waals surface area contributed by atoms with Gasteiger partial charge in [-0.15, -0.1) is 0 Å². The maximum absolute atomic E-state index is 12.4. The quantitative estimate of drug-likeness (QED) is 0.721. The van der Waals surface area contributed by atoms with Crippen LogP contribution in [0, 0.1) is 0 Å². The second kappa shape index (κ2) is 7.33. The van der Waals surface area contributed by atoms with E-state index >= 15 is 0 Å². The zero-order valence-electron chi connectivity index (χ0n) is 14.9. The van der Waals surface area contributed by atoms with E-state index < -0.39 is 21.3 Å². The van der Waals surface area contributed by atoms with E-state index in [0.717, 1.165) is 44.2 Å². The number of rotatable bonds is 6. The number of fused-ring (bicyclic) bond motifs is 2. The number of sulfonamides is 1. The minimum Gasteiger partial charge on any atom is -0.320 e. The fraction of sp³-hybridized carbons (Fsp3) is 0.611. The first-order valence-electron chi connectivity index (χ1n) is 9.06. The van der Waals surface area contributed by atoms with Crippen LogP contribution in [0.1, 0.15) is 48.4 Å². The lowest BCUT2D eigenvalue weighted by molar-refractivity contribution is 0.256. The number of anilines is 1. The largest absolute Gasteiger partial charge is 0.332 e. The van der Waals surface area contributed by atoms with Crippen LogP contribution in [-0.2, 0) is 35.7 Å². The van der Waals surface area contributed by atoms with Crippen molar-refractivity contribution in [2.45, 2.75) is 57.1 Å². The van der Waals surface area contributed by atoms with Crippen LogP contribution in [0.2, 0.25) is 0 Å². The summed E-state index contributed by atoms with van der Waals surface area (Å²) in [4.78, 5) is 12.4. The highest BCUT2D eigenvalue weighted by molar-refractivity contribution is 7.90. The van der Waals surface area contributed by atoms with Crippen LogP contribution in [0.4, 0.5) is 10.5 Å². The molecule has 0 aliphatic heterocycles. The summed E-state index contributed by atoms with van der Waals surface area (Å²) in [5, 5.41) is 5.17. The van der Waals surface area contributed by atoms with Gasteiger partial charge in [0.1, 0.15) is 0 Å². The second-order valence-corrected chi connectivity index (χ2v) is 9.14. The van der Waals surface area contributed by atoms with Gasteiger partial charge >= 0.3 is 6.03 Å². The van der Waals surface area contributed by atoms with Crippen molar-refractivity contribution in [2.75, 3.05) is 18.9 Å². The molecule has 0 heterocycles. The number of carbonyl (C=O) groups excluding carboxylic acids is 1. The Morgan fingerprint density at radius 1 is 1.12 bits per heavy atom. The Labute approximate surface area is 149 Å². The lowest BCUT2D eigenvalue weighted by atomic mass is 9.99. The van der Waals surface area contributed by atoms with Crippen LogP contribution in [0.5, 0.6) is 0 Å². The van der Waals surface area contributed by atoms with Crippen molar-refractivity contribution in [3.8, 4) is 0 Å². The van der Waals surface area contributed by atoms with Crippen molar-refractivity contribution in [3.63, 3.8) is 0 Å². The van der Waals surface area contributed by atoms with Crippen LogP contribution in [0.25, 0.3) is 0 Å². The molecule has 0 fully saturated rings. The highest BCUT2D eigenvalue weighted by Crippen LogP contribution is 2.38. The van der Waals surface area contributed by atoms with Crippen molar-refractivity contribution < 1.29 is 13.2 Å². The molecule has 3 rings (SSSR count). The molecule has 2 aliphatic rings. The Bertz CT molecular complexity index is 742. The minimum absolute atomic E-state index is 0.454. The Hall–Kier alpha value is -1.60. The summed E-state index contributed by atoms with van der Waals surface area (Å²) < 4.78 is 26.8. The summed E-state index contributed by atoms with van der Waals surface area (Å²) in [6, 6.07) is 1.63. The number of amides is 2. The molecule has 25 heavy (non-hydrogen) atoms. The number of nitrogens with one attached hydrogen (secondary N) is 3. The summed E-state index contributed by atoms with van der Waals surface area (Å²) in [7, 11) is -1.91. The molecule has 1 aromatic carbocycles. The maximum Gasteiger partial charge on any atom is 0.332 e. The normalized spacial score (nSPS) is 17.0. The third kappa shape index (κ3) is 3.82. The first-order valence-corrected chi connectivity index (χ1v) is 10.6. The molecule has 1 aromatic rings. The van der Waals surface area contributed by atoms with E-state index in [2.05, 4.69) is 21.4 Å². The van der Waals surface area contributed by atoms with Gasteiger partial charge in [-0.1, -0.05) is 6.07 Å². The molecule has 1 atom stereocenters. The van der Waals surface area contributed by atoms with E-state index in [0.29, 0.717) is 13.0 Å². The molecule has 7 heteroatoms. The maximum atomic E-state index is 12.4. The van der Waals surface area contributed by atoms with Gasteiger partial charge in [-0.05, 0) is 87.7 Å². The first kappa shape index (κ1) is 18.2. The predicted octanol–water partition coefficient (Wildman–Crippen LogP) is 2.11. The van der Waals surface area contributed by atoms with Crippen LogP contribution >= 0.6 is 0 Å². The standard InChI is InChI=1S/C18H27N3O3S/c1-12(9-10-19-2)25(23,24)21-18(22)20-17-15-7-3-5-13(15)11-14-6-4-8-16(14)17/h11-12,19H,3-10H2,1-2H3,(H2,20,21,22). The molecule has 138 valence electrons. The van der Waals surface area contributed by atoms with Crippen molar-refractivity contribution in [2.24, 2.45) is 0 Å². The summed E-state index contributed by atoms with van der Waals surface area (Å²) in [5.74, 6) is 0. The SMILES string of the molecule is CNCCC(C)S(=O)(=O)NC(=O)Nc1c2c(cc3c1CCC3)CCC2. The summed E-state index contributed by atoms with van der Waals surface area (Å²) >= 11 is 0. The number of aryl methyl sites for hydroxylation is 2. The van der Waals surface area contributed by atoms with Crippen molar-refractivity contribution in [1.29, 1.82) is 0 Å². The van der Waals surface area contributed by atoms with Gasteiger partial charge in [-0.3, -0.25) is 0 Å². The van der Waals surface area contributed by atoms with Gasteiger partial charge < -0.3 is 10.6 Å². The molecular formula is C18H27N3O3S. The molecule has 3 N–H and O–H groups in total. The summed E-state index contributed by atoms with van der Waals surface area (Å²) in [6.45, 7) is 2.20. The van der Waals surface area contributed by atoms with Gasteiger partial charge in [-0.2, -0.15) is 0 Å². The van der Waals surface area contributed by atoms with Crippen molar-refractivity contribution in [1.82, 2.24) is 10.0 Å². The molecule has 0 saturated heterocycles. The average molecular weight is 365 g/mol. The fourth-order valence-electron chi connectivity index (χ4n) is 3.84. The van der Waals surface area contributed by atoms with E-state index in [1.807, 2.05) is 0 Å². The fourth-order valence-corrected chi connectivity index (χ4v) is 4.78. The average Bonchev–Trinajstić information content (AvgIpc) is 3.20. The molecule has 2 amide bonds. The van der Waals surface area contributed by atoms with Crippen molar-refractivity contribution in [3.05, 3.63) is 28.3 Å². The Morgan fingerprint density at radius 2 is 1.72 bits per heavy atom. The Balaban J connectivity index is 1.76. The van der Waals surface area contributed by atoms with Crippen LogP contribution in [0.3, 0.4) is 0 Å². The van der Waals surface area contributed by atoms with Gasteiger partial charge in [-0.25, -0.2) is 17.9 Å². The molecule has 0 saturated carbocycles.